The van der Waals surface area contributed by atoms with Crippen LogP contribution in [0.15, 0.2) is 72.8 Å². The Kier molecular flexibility index (Phi) is 12.1. The summed E-state index contributed by atoms with van der Waals surface area (Å²) < 4.78 is 53.0. The van der Waals surface area contributed by atoms with Gasteiger partial charge in [0.1, 0.15) is 18.0 Å². The first-order valence-electron chi connectivity index (χ1n) is 13.8. The van der Waals surface area contributed by atoms with Crippen molar-refractivity contribution < 1.29 is 37.0 Å². The average Bonchev–Trinajstić information content (AvgIpc) is 2.94. The van der Waals surface area contributed by atoms with Crippen molar-refractivity contribution in [3.05, 3.63) is 78.4 Å². The van der Waals surface area contributed by atoms with Crippen molar-refractivity contribution in [1.29, 1.82) is 0 Å². The molecule has 0 heterocycles. The summed E-state index contributed by atoms with van der Waals surface area (Å²) in [5, 5.41) is 0. The van der Waals surface area contributed by atoms with Gasteiger partial charge in [-0.1, -0.05) is 68.3 Å². The second-order valence-electron chi connectivity index (χ2n) is 9.43. The molecule has 41 heavy (non-hydrogen) atoms. The number of hydrogen-bond acceptors (Lipinski definition) is 5. The smallest absolute Gasteiger partial charge is 0.491 e. The molecule has 0 fully saturated rings. The van der Waals surface area contributed by atoms with E-state index in [1.54, 1.807) is 25.1 Å². The SMILES string of the molecule is CCCCCOc1ccc(-c2ccc(OC(F)(F)F)cc2)cc1N(CC(=O)OCC)C(=O)CCCc1ccccc1. The molecule has 0 N–H and O–H groups in total. The number of nitrogens with zero attached hydrogens (tertiary/aromatic N) is 1. The second-order valence-corrected chi connectivity index (χ2v) is 9.43. The van der Waals surface area contributed by atoms with Gasteiger partial charge in [-0.15, -0.1) is 13.2 Å². The molecule has 0 aliphatic rings. The van der Waals surface area contributed by atoms with Crippen LogP contribution in [0.25, 0.3) is 11.1 Å². The summed E-state index contributed by atoms with van der Waals surface area (Å²) in [6, 6.07) is 20.5. The highest BCUT2D eigenvalue weighted by Gasteiger charge is 2.31. The van der Waals surface area contributed by atoms with Gasteiger partial charge in [0.2, 0.25) is 5.91 Å². The van der Waals surface area contributed by atoms with Crippen molar-refractivity contribution in [2.24, 2.45) is 0 Å². The molecular weight excluding hydrogens is 535 g/mol. The number of carbonyl (C=O) groups is 2. The lowest BCUT2D eigenvalue weighted by Gasteiger charge is -2.25. The standard InChI is InChI=1S/C32H36F3NO5/c1-3-5-9-21-40-29-20-17-26(25-15-18-27(19-16-25)41-32(33,34)35)22-28(29)36(23-31(38)39-4-2)30(37)14-10-13-24-11-7-6-8-12-24/h6-8,11-12,15-20,22H,3-5,9-10,13-14,21,23H2,1-2H3. The Morgan fingerprint density at radius 3 is 2.22 bits per heavy atom. The molecule has 0 aliphatic carbocycles. The van der Waals surface area contributed by atoms with Gasteiger partial charge in [0, 0.05) is 6.42 Å². The predicted molar refractivity (Wildman–Crippen MR) is 152 cm³/mol. The number of esters is 1. The minimum Gasteiger partial charge on any atom is -0.491 e. The quantitative estimate of drug-likeness (QED) is 0.138. The number of aryl methyl sites for hydroxylation is 1. The number of anilines is 1. The van der Waals surface area contributed by atoms with E-state index in [2.05, 4.69) is 11.7 Å². The van der Waals surface area contributed by atoms with Gasteiger partial charge in [-0.2, -0.15) is 0 Å². The third-order valence-corrected chi connectivity index (χ3v) is 6.27. The van der Waals surface area contributed by atoms with Crippen molar-refractivity contribution >= 4 is 17.6 Å². The maximum absolute atomic E-state index is 13.6. The molecule has 0 spiro atoms. The lowest BCUT2D eigenvalue weighted by molar-refractivity contribution is -0.274. The maximum Gasteiger partial charge on any atom is 0.573 e. The van der Waals surface area contributed by atoms with E-state index in [-0.39, 0.29) is 31.2 Å². The highest BCUT2D eigenvalue weighted by Crippen LogP contribution is 2.35. The van der Waals surface area contributed by atoms with Gasteiger partial charge in [0.15, 0.2) is 0 Å². The molecule has 220 valence electrons. The molecule has 3 aromatic carbocycles. The van der Waals surface area contributed by atoms with E-state index < -0.39 is 12.3 Å². The zero-order valence-corrected chi connectivity index (χ0v) is 23.4. The molecular formula is C32H36F3NO5. The van der Waals surface area contributed by atoms with Crippen LogP contribution >= 0.6 is 0 Å². The molecule has 0 saturated carbocycles. The lowest BCUT2D eigenvalue weighted by atomic mass is 10.0. The number of carbonyl (C=O) groups excluding carboxylic acids is 2. The van der Waals surface area contributed by atoms with Gasteiger partial charge in [0.25, 0.3) is 0 Å². The fourth-order valence-corrected chi connectivity index (χ4v) is 4.28. The van der Waals surface area contributed by atoms with Gasteiger partial charge in [-0.05, 0) is 67.1 Å². The molecule has 0 atom stereocenters. The van der Waals surface area contributed by atoms with Crippen LogP contribution in [0.3, 0.4) is 0 Å². The van der Waals surface area contributed by atoms with E-state index in [0.29, 0.717) is 42.0 Å². The van der Waals surface area contributed by atoms with E-state index in [0.717, 1.165) is 24.8 Å². The summed E-state index contributed by atoms with van der Waals surface area (Å²) in [4.78, 5) is 27.5. The first kappa shape index (κ1) is 31.5. The molecule has 0 unspecified atom stereocenters. The summed E-state index contributed by atoms with van der Waals surface area (Å²) in [5.41, 5.74) is 2.74. The number of alkyl halides is 3. The van der Waals surface area contributed by atoms with Crippen LogP contribution in [0.5, 0.6) is 11.5 Å². The van der Waals surface area contributed by atoms with Crippen molar-refractivity contribution in [3.8, 4) is 22.6 Å². The minimum atomic E-state index is -4.79. The van der Waals surface area contributed by atoms with E-state index in [9.17, 15) is 22.8 Å². The Labute approximate surface area is 239 Å². The third-order valence-electron chi connectivity index (χ3n) is 6.27. The molecule has 0 saturated heterocycles. The molecule has 0 bridgehead atoms. The van der Waals surface area contributed by atoms with Crippen LogP contribution in [-0.2, 0) is 20.7 Å². The van der Waals surface area contributed by atoms with Crippen LogP contribution < -0.4 is 14.4 Å². The average molecular weight is 572 g/mol. The summed E-state index contributed by atoms with van der Waals surface area (Å²) in [6.45, 7) is 4.07. The van der Waals surface area contributed by atoms with E-state index in [1.165, 1.54) is 29.2 Å². The van der Waals surface area contributed by atoms with Gasteiger partial charge in [-0.25, -0.2) is 0 Å². The predicted octanol–water partition coefficient (Wildman–Crippen LogP) is 7.74. The van der Waals surface area contributed by atoms with Crippen molar-refractivity contribution in [2.75, 3.05) is 24.7 Å². The maximum atomic E-state index is 13.6. The molecule has 9 heteroatoms. The van der Waals surface area contributed by atoms with Crippen LogP contribution in [0.1, 0.15) is 51.5 Å². The van der Waals surface area contributed by atoms with Gasteiger partial charge >= 0.3 is 12.3 Å². The van der Waals surface area contributed by atoms with Crippen molar-refractivity contribution in [1.82, 2.24) is 0 Å². The summed E-state index contributed by atoms with van der Waals surface area (Å²) >= 11 is 0. The lowest BCUT2D eigenvalue weighted by Crippen LogP contribution is -2.37. The van der Waals surface area contributed by atoms with E-state index in [4.69, 9.17) is 9.47 Å². The Balaban J connectivity index is 1.92. The molecule has 0 radical (unpaired) electrons. The zero-order valence-electron chi connectivity index (χ0n) is 23.4. The highest BCUT2D eigenvalue weighted by molar-refractivity contribution is 5.99. The Morgan fingerprint density at radius 2 is 1.56 bits per heavy atom. The first-order valence-corrected chi connectivity index (χ1v) is 13.8. The topological polar surface area (TPSA) is 65.1 Å². The Morgan fingerprint density at radius 1 is 0.854 bits per heavy atom. The molecule has 1 amide bonds. The number of rotatable bonds is 15. The molecule has 0 aliphatic heterocycles. The zero-order chi connectivity index (χ0) is 29.7. The summed E-state index contributed by atoms with van der Waals surface area (Å²) in [7, 11) is 0. The molecule has 3 rings (SSSR count). The number of hydrogen-bond donors (Lipinski definition) is 0. The van der Waals surface area contributed by atoms with Gasteiger partial charge in [-0.3, -0.25) is 14.5 Å². The molecule has 0 aromatic heterocycles. The minimum absolute atomic E-state index is 0.168. The number of halogens is 3. The summed E-state index contributed by atoms with van der Waals surface area (Å²) in [5.74, 6) is -0.726. The fraction of sp³-hybridized carbons (Fsp3) is 0.375. The summed E-state index contributed by atoms with van der Waals surface area (Å²) in [6.07, 6.45) is -0.511. The van der Waals surface area contributed by atoms with Crippen LogP contribution in [-0.4, -0.2) is 38.0 Å². The fourth-order valence-electron chi connectivity index (χ4n) is 4.28. The number of unbranched alkanes of at least 4 members (excludes halogenated alkanes) is 2. The third kappa shape index (κ3) is 10.5. The Bertz CT molecular complexity index is 1250. The van der Waals surface area contributed by atoms with Crippen molar-refractivity contribution in [2.45, 2.75) is 58.7 Å². The Hall–Kier alpha value is -4.01. The van der Waals surface area contributed by atoms with Crippen molar-refractivity contribution in [3.63, 3.8) is 0 Å². The van der Waals surface area contributed by atoms with Crippen LogP contribution in [0.2, 0.25) is 0 Å². The van der Waals surface area contributed by atoms with Gasteiger partial charge < -0.3 is 14.2 Å². The normalized spacial score (nSPS) is 11.1. The second kappa shape index (κ2) is 15.7. The number of amides is 1. The van der Waals surface area contributed by atoms with Crippen LogP contribution in [0.4, 0.5) is 18.9 Å². The highest BCUT2D eigenvalue weighted by atomic mass is 19.4. The number of benzene rings is 3. The molecule has 3 aromatic rings. The number of ether oxygens (including phenoxy) is 3. The monoisotopic (exact) mass is 571 g/mol. The van der Waals surface area contributed by atoms with E-state index >= 15 is 0 Å². The van der Waals surface area contributed by atoms with E-state index in [1.807, 2.05) is 30.3 Å². The molecule has 6 nitrogen and oxygen atoms in total. The largest absolute Gasteiger partial charge is 0.573 e. The first-order chi connectivity index (χ1) is 19.7. The van der Waals surface area contributed by atoms with Gasteiger partial charge in [0.05, 0.1) is 18.9 Å². The van der Waals surface area contributed by atoms with Crippen LogP contribution in [0, 0.1) is 0 Å².